The molecule has 8 nitrogen and oxygen atoms in total. The lowest BCUT2D eigenvalue weighted by molar-refractivity contribution is 0.0498. The first-order valence-corrected chi connectivity index (χ1v) is 8.21. The first-order valence-electron chi connectivity index (χ1n) is 8.21. The van der Waals surface area contributed by atoms with Gasteiger partial charge in [0.1, 0.15) is 12.2 Å². The molecule has 8 heteroatoms. The van der Waals surface area contributed by atoms with Gasteiger partial charge in [0.05, 0.1) is 24.6 Å². The fourth-order valence-electron chi connectivity index (χ4n) is 3.10. The van der Waals surface area contributed by atoms with E-state index in [4.69, 9.17) is 0 Å². The molecule has 0 bridgehead atoms. The predicted molar refractivity (Wildman–Crippen MR) is 90.0 cm³/mol. The van der Waals surface area contributed by atoms with Crippen molar-refractivity contribution < 1.29 is 4.79 Å². The van der Waals surface area contributed by atoms with E-state index in [1.165, 1.54) is 0 Å². The van der Waals surface area contributed by atoms with Gasteiger partial charge in [0.15, 0.2) is 0 Å². The number of likely N-dealkylation sites (tertiary alicyclic amines) is 1. The van der Waals surface area contributed by atoms with Gasteiger partial charge in [-0.2, -0.15) is 15.0 Å². The van der Waals surface area contributed by atoms with E-state index in [2.05, 4.69) is 26.6 Å². The van der Waals surface area contributed by atoms with E-state index in [1.807, 2.05) is 41.8 Å². The number of amides is 1. The molecule has 1 amide bonds. The molecule has 4 rings (SSSR count). The number of hydrogen-bond donors (Lipinski definition) is 0. The number of carbonyl (C=O) groups excluding carboxylic acids is 1. The van der Waals surface area contributed by atoms with Gasteiger partial charge in [-0.1, -0.05) is 22.4 Å². The van der Waals surface area contributed by atoms with Gasteiger partial charge in [-0.05, 0) is 26.0 Å². The third-order valence-corrected chi connectivity index (χ3v) is 4.32. The molecule has 1 aromatic carbocycles. The molecular formula is C17H19N7O. The van der Waals surface area contributed by atoms with Crippen LogP contribution < -0.4 is 0 Å². The Labute approximate surface area is 145 Å². The second kappa shape index (κ2) is 6.12. The van der Waals surface area contributed by atoms with E-state index >= 15 is 0 Å². The first-order chi connectivity index (χ1) is 12.1. The van der Waals surface area contributed by atoms with Crippen LogP contribution in [0.25, 0.3) is 0 Å². The zero-order valence-electron chi connectivity index (χ0n) is 14.2. The first kappa shape index (κ1) is 15.5. The van der Waals surface area contributed by atoms with Crippen LogP contribution in [-0.2, 0) is 6.54 Å². The molecule has 1 aliphatic rings. The summed E-state index contributed by atoms with van der Waals surface area (Å²) in [5.41, 5.74) is 3.76. The van der Waals surface area contributed by atoms with Crippen LogP contribution in [0.3, 0.4) is 0 Å². The van der Waals surface area contributed by atoms with E-state index in [1.54, 1.807) is 17.2 Å². The smallest absolute Gasteiger partial charge is 0.254 e. The van der Waals surface area contributed by atoms with Crippen molar-refractivity contribution in [2.75, 3.05) is 13.1 Å². The zero-order valence-corrected chi connectivity index (χ0v) is 14.2. The highest BCUT2D eigenvalue weighted by Crippen LogP contribution is 2.23. The number of benzene rings is 1. The highest BCUT2D eigenvalue weighted by molar-refractivity contribution is 5.95. The Balaban J connectivity index is 1.38. The van der Waals surface area contributed by atoms with Gasteiger partial charge in [-0.25, -0.2) is 4.68 Å². The van der Waals surface area contributed by atoms with Crippen molar-refractivity contribution in [1.82, 2.24) is 34.9 Å². The van der Waals surface area contributed by atoms with E-state index in [0.717, 1.165) is 22.4 Å². The summed E-state index contributed by atoms with van der Waals surface area (Å²) in [5, 5.41) is 16.4. The maximum absolute atomic E-state index is 12.6. The monoisotopic (exact) mass is 337 g/mol. The second-order valence-electron chi connectivity index (χ2n) is 6.49. The highest BCUT2D eigenvalue weighted by Gasteiger charge is 2.33. The maximum Gasteiger partial charge on any atom is 0.254 e. The van der Waals surface area contributed by atoms with Crippen molar-refractivity contribution in [2.45, 2.75) is 26.4 Å². The van der Waals surface area contributed by atoms with Crippen LogP contribution in [0.4, 0.5) is 0 Å². The van der Waals surface area contributed by atoms with Crippen molar-refractivity contribution >= 4 is 5.91 Å². The zero-order chi connectivity index (χ0) is 17.4. The van der Waals surface area contributed by atoms with Gasteiger partial charge in [0.2, 0.25) is 0 Å². The quantitative estimate of drug-likeness (QED) is 0.715. The van der Waals surface area contributed by atoms with Crippen LogP contribution in [-0.4, -0.2) is 53.9 Å². The standard InChI is InChI=1S/C17H19N7O/c1-12-5-13(2)7-14(6-12)17(25)22-10-16(11-22)23-8-15(20-21-23)9-24-18-3-4-19-24/h3-8,16H,9-11H2,1-2H3. The lowest BCUT2D eigenvalue weighted by atomic mass is 10.0. The molecule has 1 aliphatic heterocycles. The molecule has 0 N–H and O–H groups in total. The third kappa shape index (κ3) is 3.15. The minimum Gasteiger partial charge on any atom is -0.334 e. The van der Waals surface area contributed by atoms with Crippen molar-refractivity contribution in [3.8, 4) is 0 Å². The number of nitrogens with zero attached hydrogens (tertiary/aromatic N) is 7. The fraction of sp³-hybridized carbons (Fsp3) is 0.353. The van der Waals surface area contributed by atoms with Crippen LogP contribution in [0.5, 0.6) is 0 Å². The summed E-state index contributed by atoms with van der Waals surface area (Å²) in [6.07, 6.45) is 5.16. The Kier molecular flexibility index (Phi) is 3.79. The molecule has 2 aromatic heterocycles. The van der Waals surface area contributed by atoms with Crippen LogP contribution >= 0.6 is 0 Å². The maximum atomic E-state index is 12.6. The lowest BCUT2D eigenvalue weighted by Gasteiger charge is -2.39. The molecule has 3 heterocycles. The number of aryl methyl sites for hydroxylation is 2. The van der Waals surface area contributed by atoms with Crippen molar-refractivity contribution in [3.63, 3.8) is 0 Å². The minimum absolute atomic E-state index is 0.0733. The summed E-state index contributed by atoms with van der Waals surface area (Å²) < 4.78 is 1.82. The number of carbonyl (C=O) groups is 1. The van der Waals surface area contributed by atoms with Crippen molar-refractivity contribution in [2.24, 2.45) is 0 Å². The van der Waals surface area contributed by atoms with Crippen molar-refractivity contribution in [1.29, 1.82) is 0 Å². The van der Waals surface area contributed by atoms with Gasteiger partial charge in [0, 0.05) is 18.7 Å². The molecular weight excluding hydrogens is 318 g/mol. The van der Waals surface area contributed by atoms with E-state index < -0.39 is 0 Å². The van der Waals surface area contributed by atoms with E-state index in [0.29, 0.717) is 19.6 Å². The summed E-state index contributed by atoms with van der Waals surface area (Å²) in [4.78, 5) is 16.0. The molecule has 1 saturated heterocycles. The van der Waals surface area contributed by atoms with E-state index in [-0.39, 0.29) is 11.9 Å². The minimum atomic E-state index is 0.0733. The Morgan fingerprint density at radius 1 is 1.12 bits per heavy atom. The second-order valence-corrected chi connectivity index (χ2v) is 6.49. The Morgan fingerprint density at radius 2 is 1.80 bits per heavy atom. The van der Waals surface area contributed by atoms with Crippen molar-refractivity contribution in [3.05, 3.63) is 59.2 Å². The Morgan fingerprint density at radius 3 is 2.48 bits per heavy atom. The molecule has 1 fully saturated rings. The number of rotatable bonds is 4. The van der Waals surface area contributed by atoms with E-state index in [9.17, 15) is 4.79 Å². The molecule has 0 spiro atoms. The largest absolute Gasteiger partial charge is 0.334 e. The normalized spacial score (nSPS) is 14.6. The van der Waals surface area contributed by atoms with Gasteiger partial charge in [-0.15, -0.1) is 5.10 Å². The Hall–Kier alpha value is -3.03. The van der Waals surface area contributed by atoms with Gasteiger partial charge < -0.3 is 4.90 Å². The third-order valence-electron chi connectivity index (χ3n) is 4.32. The topological polar surface area (TPSA) is 81.7 Å². The predicted octanol–water partition coefficient (Wildman–Crippen LogP) is 1.23. The van der Waals surface area contributed by atoms with Crippen LogP contribution in [0.15, 0.2) is 36.8 Å². The molecule has 25 heavy (non-hydrogen) atoms. The summed E-state index contributed by atoms with van der Waals surface area (Å²) in [6.45, 7) is 5.80. The average Bonchev–Trinajstić information content (AvgIpc) is 3.17. The number of aromatic nitrogens is 6. The molecule has 0 atom stereocenters. The molecule has 3 aromatic rings. The fourth-order valence-corrected chi connectivity index (χ4v) is 3.10. The number of hydrogen-bond acceptors (Lipinski definition) is 5. The van der Waals surface area contributed by atoms with Gasteiger partial charge in [-0.3, -0.25) is 4.79 Å². The Bertz CT molecular complexity index is 873. The molecule has 0 aliphatic carbocycles. The summed E-state index contributed by atoms with van der Waals surface area (Å²) in [6, 6.07) is 6.11. The van der Waals surface area contributed by atoms with Gasteiger partial charge in [0.25, 0.3) is 5.91 Å². The molecule has 128 valence electrons. The van der Waals surface area contributed by atoms with Crippen LogP contribution in [0.1, 0.15) is 33.2 Å². The summed E-state index contributed by atoms with van der Waals surface area (Å²) in [7, 11) is 0. The average molecular weight is 337 g/mol. The summed E-state index contributed by atoms with van der Waals surface area (Å²) in [5.74, 6) is 0.0733. The molecule has 0 unspecified atom stereocenters. The molecule has 0 saturated carbocycles. The summed E-state index contributed by atoms with van der Waals surface area (Å²) >= 11 is 0. The lowest BCUT2D eigenvalue weighted by Crippen LogP contribution is -2.50. The van der Waals surface area contributed by atoms with Crippen LogP contribution in [0.2, 0.25) is 0 Å². The van der Waals surface area contributed by atoms with Gasteiger partial charge >= 0.3 is 0 Å². The van der Waals surface area contributed by atoms with Crippen LogP contribution in [0, 0.1) is 13.8 Å². The SMILES string of the molecule is Cc1cc(C)cc(C(=O)N2CC(n3cc(Cn4nccn4)nn3)C2)c1. The molecule has 0 radical (unpaired) electrons. The highest BCUT2D eigenvalue weighted by atomic mass is 16.2.